The fraction of sp³-hybridized carbons (Fsp3) is 0.643. The van der Waals surface area contributed by atoms with Crippen LogP contribution in [0.15, 0.2) is 27.8 Å². The molecule has 18 nitrogen and oxygen atoms in total. The van der Waals surface area contributed by atoms with Gasteiger partial charge < -0.3 is 74.7 Å². The Bertz CT molecular complexity index is 1910. The summed E-state index contributed by atoms with van der Waals surface area (Å²) in [4.78, 5) is 30.4. The van der Waals surface area contributed by atoms with E-state index in [1.54, 1.807) is 75.0 Å². The number of ether oxygens (including phenoxy) is 9. The smallest absolute Gasteiger partial charge is 0.174 e. The van der Waals surface area contributed by atoms with Crippen molar-refractivity contribution < 1.29 is 106 Å². The molecule has 3 fully saturated rings. The van der Waals surface area contributed by atoms with Crippen molar-refractivity contribution in [1.29, 1.82) is 0 Å². The first kappa shape index (κ1) is 61.0. The number of hydrogen-bond donors (Lipinski definition) is 5. The summed E-state index contributed by atoms with van der Waals surface area (Å²) in [5, 5.41) is 2.99. The fourth-order valence-corrected chi connectivity index (χ4v) is 8.13. The van der Waals surface area contributed by atoms with Crippen LogP contribution in [0.25, 0.3) is 0 Å². The van der Waals surface area contributed by atoms with E-state index in [-0.39, 0.29) is 160 Å². The van der Waals surface area contributed by atoms with E-state index in [0.717, 1.165) is 11.1 Å². The van der Waals surface area contributed by atoms with Crippen LogP contribution in [-0.4, -0.2) is 121 Å². The molecule has 3 aromatic rings. The summed E-state index contributed by atoms with van der Waals surface area (Å²) in [7, 11) is 13.3. The summed E-state index contributed by atoms with van der Waals surface area (Å²) in [6.07, 6.45) is -1.32. The third kappa shape index (κ3) is 14.5. The van der Waals surface area contributed by atoms with Gasteiger partial charge in [0.1, 0.15) is 18.3 Å². The number of aromatic amines is 1. The molecule has 0 spiro atoms. The molecule has 0 amide bonds. The van der Waals surface area contributed by atoms with Crippen LogP contribution in [-0.2, 0) is 113 Å². The van der Waals surface area contributed by atoms with Crippen molar-refractivity contribution in [3.63, 3.8) is 0 Å². The molecule has 3 aliphatic rings. The Morgan fingerprint density at radius 2 is 1.08 bits per heavy atom. The molecule has 12 atom stereocenters. The first-order valence-corrected chi connectivity index (χ1v) is 19.4. The molecule has 0 aromatic carbocycles. The number of hydrogen-bond acceptors (Lipinski definition) is 16. The van der Waals surface area contributed by atoms with Gasteiger partial charge in [0, 0.05) is 162 Å². The number of methoxy groups -OCH3 is 6. The van der Waals surface area contributed by atoms with Crippen LogP contribution in [0.4, 0.5) is 23.3 Å². The van der Waals surface area contributed by atoms with E-state index in [9.17, 15) is 9.59 Å². The minimum atomic E-state index is -0.337. The number of rotatable bonds is 13. The number of nitrogens with one attached hydrogen (secondary N) is 2. The number of nitrogens with zero attached hydrogens (tertiary/aromatic N) is 2. The minimum Gasteiger partial charge on any atom is -0.401 e. The van der Waals surface area contributed by atoms with Crippen molar-refractivity contribution in [2.24, 2.45) is 24.8 Å². The predicted octanol–water partition coefficient (Wildman–Crippen LogP) is 2.87. The Kier molecular flexibility index (Phi) is 27.9. The standard InChI is InChI=1S/2C14H21N2O4.C13H20N3O3.CH4.3W/c1-8-12(20-10(7-18-3)13(8)19-4)9-5-6-11(15)16(2)14(9)17;1-8-12(20-10(7-18-3)13(8)19-4)9-5-6-11(17)16-14(9)15-2;1-7-11(8-4-5-10(14)16-13(8)15)19-9(6-17-2)12(7)18-3;;;;/h5,8,10,12-13H,7,15H2,1-4H3;5,8,10,12-13H,7H2,1-4H3,(H2,15,16,17);4,7,9,11-12H,6H2,1-3H3,(H4,14,15,16);1H4;;;/q3*-1;;;;/t2*8?,10-,12-,13-;7?,9-,11-,12-;;;;/m111..../s1. The van der Waals surface area contributed by atoms with Crippen LogP contribution in [0, 0.1) is 36.0 Å². The van der Waals surface area contributed by atoms with Gasteiger partial charge in [-0.05, 0) is 17.8 Å². The van der Waals surface area contributed by atoms with Gasteiger partial charge in [-0.25, -0.2) is 30.3 Å². The zero-order valence-electron chi connectivity index (χ0n) is 37.1. The van der Waals surface area contributed by atoms with Crippen molar-refractivity contribution >= 4 is 23.3 Å². The molecule has 6 rings (SSSR count). The average molecular weight is 1400 g/mol. The number of pyridine rings is 3. The van der Waals surface area contributed by atoms with Gasteiger partial charge in [-0.3, -0.25) is 14.6 Å². The minimum absolute atomic E-state index is 0. The van der Waals surface area contributed by atoms with E-state index < -0.39 is 0 Å². The van der Waals surface area contributed by atoms with Crippen LogP contribution in [0.5, 0.6) is 0 Å². The molecule has 0 aliphatic carbocycles. The van der Waals surface area contributed by atoms with Gasteiger partial charge in [-0.2, -0.15) is 6.07 Å². The monoisotopic (exact) mass is 1400 g/mol. The second-order valence-electron chi connectivity index (χ2n) is 14.8. The van der Waals surface area contributed by atoms with E-state index >= 15 is 0 Å². The largest absolute Gasteiger partial charge is 0.401 e. The maximum Gasteiger partial charge on any atom is 0.174 e. The maximum atomic E-state index is 12.3. The quantitative estimate of drug-likeness (QED) is 0.155. The molecule has 0 bridgehead atoms. The SMILES string of the molecule is C.CNc1[nH]c(=O)[c-]cc1[C@@H]1O[C@H](COC)[C@H](OC)C1C.COC[C@H]1O[C@@H](c2c[c-]c(N)n(C)c2=O)C(C)[C@H]1OC.COC[C@H]1O[C@@H](c2c[c-]c(N)nc2N)C(C)[C@H]1OC.[W].[W].[W]. The Balaban J connectivity index is 0.000000887. The third-order valence-corrected chi connectivity index (χ3v) is 11.1. The molecule has 356 valence electrons. The van der Waals surface area contributed by atoms with Gasteiger partial charge in [0.2, 0.25) is 0 Å². The molecule has 21 heteroatoms. The van der Waals surface area contributed by atoms with Crippen LogP contribution < -0.4 is 33.6 Å². The zero-order chi connectivity index (χ0) is 43.6. The Morgan fingerprint density at radius 1 is 0.683 bits per heavy atom. The number of H-pyrrole nitrogens is 1. The van der Waals surface area contributed by atoms with E-state index in [1.165, 1.54) is 4.57 Å². The Morgan fingerprint density at radius 3 is 1.48 bits per heavy atom. The molecule has 3 aliphatic heterocycles. The number of nitrogen functional groups attached to an aromatic ring is 3. The van der Waals surface area contributed by atoms with Gasteiger partial charge in [0.25, 0.3) is 0 Å². The molecule has 63 heavy (non-hydrogen) atoms. The van der Waals surface area contributed by atoms with Gasteiger partial charge in [-0.15, -0.1) is 16.7 Å². The van der Waals surface area contributed by atoms with Crippen molar-refractivity contribution in [1.82, 2.24) is 14.5 Å². The number of anilines is 4. The summed E-state index contributed by atoms with van der Waals surface area (Å²) in [6, 6.07) is 13.4. The van der Waals surface area contributed by atoms with Crippen molar-refractivity contribution in [2.75, 3.05) is 92.0 Å². The number of aromatic nitrogens is 3. The molecule has 6 heterocycles. The average Bonchev–Trinajstić information content (AvgIpc) is 3.82. The molecule has 0 radical (unpaired) electrons. The van der Waals surface area contributed by atoms with Gasteiger partial charge in [0.15, 0.2) is 11.1 Å². The summed E-state index contributed by atoms with van der Waals surface area (Å²) in [6.45, 7) is 7.51. The summed E-state index contributed by atoms with van der Waals surface area (Å²) in [5.74, 6) is 1.95. The van der Waals surface area contributed by atoms with E-state index in [2.05, 4.69) is 47.3 Å². The van der Waals surface area contributed by atoms with Crippen LogP contribution in [0.1, 0.15) is 63.2 Å². The first-order chi connectivity index (χ1) is 28.2. The van der Waals surface area contributed by atoms with E-state index in [0.29, 0.717) is 42.8 Å². The second-order valence-corrected chi connectivity index (χ2v) is 14.8. The van der Waals surface area contributed by atoms with Crippen molar-refractivity contribution in [3.8, 4) is 0 Å². The van der Waals surface area contributed by atoms with Crippen LogP contribution >= 0.6 is 0 Å². The Hall–Kier alpha value is -2.05. The molecular weight excluding hydrogens is 1330 g/mol. The Labute approximate surface area is 414 Å². The van der Waals surface area contributed by atoms with Crippen molar-refractivity contribution in [3.05, 3.63) is 73.8 Å². The first-order valence-electron chi connectivity index (χ1n) is 19.4. The van der Waals surface area contributed by atoms with E-state index in [1.807, 2.05) is 6.92 Å². The molecule has 3 aromatic heterocycles. The van der Waals surface area contributed by atoms with Crippen LogP contribution in [0.3, 0.4) is 0 Å². The van der Waals surface area contributed by atoms with Crippen LogP contribution in [0.2, 0.25) is 0 Å². The van der Waals surface area contributed by atoms with Gasteiger partial charge in [-0.1, -0.05) is 28.2 Å². The van der Waals surface area contributed by atoms with E-state index in [4.69, 9.17) is 59.8 Å². The second kappa shape index (κ2) is 28.9. The molecule has 8 N–H and O–H groups in total. The number of nitrogens with two attached hydrogens (primary N) is 3. The van der Waals surface area contributed by atoms with Crippen molar-refractivity contribution in [2.45, 2.75) is 83.1 Å². The summed E-state index contributed by atoms with van der Waals surface area (Å²) in [5.41, 5.74) is 18.9. The summed E-state index contributed by atoms with van der Waals surface area (Å²) < 4.78 is 51.4. The third-order valence-electron chi connectivity index (χ3n) is 11.1. The molecule has 3 unspecified atom stereocenters. The molecule has 3 saturated heterocycles. The zero-order valence-corrected chi connectivity index (χ0v) is 45.9. The predicted molar refractivity (Wildman–Crippen MR) is 227 cm³/mol. The topological polar surface area (TPSA) is 241 Å². The molecule has 0 saturated carbocycles. The molecular formula is C42H66N7O11W3-3. The van der Waals surface area contributed by atoms with Gasteiger partial charge in [0.05, 0.1) is 38.1 Å². The maximum absolute atomic E-state index is 12.3. The van der Waals surface area contributed by atoms with Gasteiger partial charge >= 0.3 is 0 Å². The summed E-state index contributed by atoms with van der Waals surface area (Å²) >= 11 is 0. The normalized spacial score (nSPS) is 28.1. The fourth-order valence-electron chi connectivity index (χ4n) is 8.13.